The van der Waals surface area contributed by atoms with Crippen LogP contribution in [0, 0.1) is 24.2 Å². The first-order valence-electron chi connectivity index (χ1n) is 3.79. The van der Waals surface area contributed by atoms with Crippen LogP contribution in [0.15, 0.2) is 0 Å². The molecule has 0 spiro atoms. The van der Waals surface area contributed by atoms with Gasteiger partial charge in [0.05, 0.1) is 0 Å². The molecule has 9 heavy (non-hydrogen) atoms. The molecule has 1 saturated carbocycles. The Hall–Kier alpha value is -0.440. The Morgan fingerprint density at radius 1 is 1.44 bits per heavy atom. The lowest BCUT2D eigenvalue weighted by molar-refractivity contribution is 0.333. The predicted octanol–water partition coefficient (Wildman–Crippen LogP) is 2.45. The van der Waals surface area contributed by atoms with Crippen LogP contribution < -0.4 is 0 Å². The molecule has 1 aliphatic carbocycles. The smallest absolute Gasteiger partial charge is 0.0202 e. The highest BCUT2D eigenvalue weighted by molar-refractivity contribution is 4.94. The van der Waals surface area contributed by atoms with Crippen molar-refractivity contribution in [1.29, 1.82) is 0 Å². The lowest BCUT2D eigenvalue weighted by Gasteiger charge is -2.22. The highest BCUT2D eigenvalue weighted by atomic mass is 14.2. The molecule has 0 radical (unpaired) electrons. The summed E-state index contributed by atoms with van der Waals surface area (Å²) >= 11 is 0. The van der Waals surface area contributed by atoms with Gasteiger partial charge in [-0.25, -0.2) is 0 Å². The molecule has 2 atom stereocenters. The van der Waals surface area contributed by atoms with E-state index in [1.165, 1.54) is 25.7 Å². The van der Waals surface area contributed by atoms with Crippen molar-refractivity contribution < 1.29 is 0 Å². The van der Waals surface area contributed by atoms with E-state index in [-0.39, 0.29) is 0 Å². The van der Waals surface area contributed by atoms with E-state index in [4.69, 9.17) is 6.42 Å². The van der Waals surface area contributed by atoms with Gasteiger partial charge in [-0.2, -0.15) is 0 Å². The van der Waals surface area contributed by atoms with Crippen LogP contribution in [-0.2, 0) is 0 Å². The molecule has 0 nitrogen and oxygen atoms in total. The van der Waals surface area contributed by atoms with Crippen molar-refractivity contribution in [3.8, 4) is 12.3 Å². The molecule has 0 N–H and O–H groups in total. The third kappa shape index (κ3) is 1.75. The minimum Gasteiger partial charge on any atom is -0.120 e. The predicted molar refractivity (Wildman–Crippen MR) is 40.0 cm³/mol. The van der Waals surface area contributed by atoms with Gasteiger partial charge in [0.1, 0.15) is 0 Å². The molecule has 0 bridgehead atoms. The van der Waals surface area contributed by atoms with Crippen LogP contribution in [0.5, 0.6) is 0 Å². The van der Waals surface area contributed by atoms with Gasteiger partial charge in [0.15, 0.2) is 0 Å². The van der Waals surface area contributed by atoms with Crippen LogP contribution in [-0.4, -0.2) is 0 Å². The Morgan fingerprint density at radius 2 is 2.22 bits per heavy atom. The molecular weight excluding hydrogens is 108 g/mol. The van der Waals surface area contributed by atoms with Crippen LogP contribution >= 0.6 is 0 Å². The maximum absolute atomic E-state index is 5.32. The molecule has 50 valence electrons. The van der Waals surface area contributed by atoms with E-state index in [0.29, 0.717) is 5.92 Å². The highest BCUT2D eigenvalue weighted by Crippen LogP contribution is 2.27. The summed E-state index contributed by atoms with van der Waals surface area (Å²) in [6.07, 6.45) is 10.6. The molecule has 0 unspecified atom stereocenters. The lowest BCUT2D eigenvalue weighted by atomic mass is 9.83. The van der Waals surface area contributed by atoms with Crippen LogP contribution in [0.25, 0.3) is 0 Å². The molecule has 0 aromatic carbocycles. The summed E-state index contributed by atoms with van der Waals surface area (Å²) in [6, 6.07) is 0. The Labute approximate surface area is 57.7 Å². The molecular formula is C9H14. The van der Waals surface area contributed by atoms with Crippen molar-refractivity contribution >= 4 is 0 Å². The Bertz CT molecular complexity index is 118. The van der Waals surface area contributed by atoms with Crippen molar-refractivity contribution in [2.24, 2.45) is 11.8 Å². The molecule has 0 amide bonds. The van der Waals surface area contributed by atoms with E-state index in [2.05, 4.69) is 12.8 Å². The third-order valence-corrected chi connectivity index (χ3v) is 2.17. The molecule has 1 aliphatic rings. The zero-order valence-electron chi connectivity index (χ0n) is 6.06. The standard InChI is InChI=1S/C9H14/c1-3-9-6-4-5-8(2)7-9/h1,8-9H,4-7H2,2H3/t8-,9-/m1/s1. The Balaban J connectivity index is 2.34. The van der Waals surface area contributed by atoms with Crippen molar-refractivity contribution in [2.45, 2.75) is 32.6 Å². The minimum atomic E-state index is 0.591. The lowest BCUT2D eigenvalue weighted by Crippen LogP contribution is -2.10. The number of terminal acetylenes is 1. The fourth-order valence-electron chi connectivity index (χ4n) is 1.59. The summed E-state index contributed by atoms with van der Waals surface area (Å²) < 4.78 is 0. The maximum Gasteiger partial charge on any atom is 0.0202 e. The minimum absolute atomic E-state index is 0.591. The molecule has 1 rings (SSSR count). The number of hydrogen-bond acceptors (Lipinski definition) is 0. The first-order chi connectivity index (χ1) is 4.33. The monoisotopic (exact) mass is 122 g/mol. The van der Waals surface area contributed by atoms with Crippen molar-refractivity contribution in [3.05, 3.63) is 0 Å². The summed E-state index contributed by atoms with van der Waals surface area (Å²) in [5, 5.41) is 0. The van der Waals surface area contributed by atoms with Gasteiger partial charge in [0, 0.05) is 5.92 Å². The molecule has 0 saturated heterocycles. The van der Waals surface area contributed by atoms with Crippen LogP contribution in [0.4, 0.5) is 0 Å². The quantitative estimate of drug-likeness (QED) is 0.433. The van der Waals surface area contributed by atoms with Gasteiger partial charge < -0.3 is 0 Å². The van der Waals surface area contributed by atoms with E-state index in [1.54, 1.807) is 0 Å². The summed E-state index contributed by atoms with van der Waals surface area (Å²) in [4.78, 5) is 0. The van der Waals surface area contributed by atoms with Gasteiger partial charge in [-0.3, -0.25) is 0 Å². The second-order valence-corrected chi connectivity index (χ2v) is 3.14. The van der Waals surface area contributed by atoms with Crippen LogP contribution in [0.1, 0.15) is 32.6 Å². The Morgan fingerprint density at radius 3 is 2.67 bits per heavy atom. The summed E-state index contributed by atoms with van der Waals surface area (Å²) in [5.74, 6) is 4.30. The second kappa shape index (κ2) is 2.92. The Kier molecular flexibility index (Phi) is 2.16. The van der Waals surface area contributed by atoms with Gasteiger partial charge in [-0.05, 0) is 18.8 Å². The molecule has 0 aliphatic heterocycles. The van der Waals surface area contributed by atoms with E-state index >= 15 is 0 Å². The van der Waals surface area contributed by atoms with Gasteiger partial charge >= 0.3 is 0 Å². The van der Waals surface area contributed by atoms with Crippen LogP contribution in [0.2, 0.25) is 0 Å². The fourth-order valence-corrected chi connectivity index (χ4v) is 1.59. The van der Waals surface area contributed by atoms with Gasteiger partial charge in [0.25, 0.3) is 0 Å². The third-order valence-electron chi connectivity index (χ3n) is 2.17. The molecule has 0 heterocycles. The molecule has 0 heteroatoms. The number of rotatable bonds is 0. The molecule has 0 aromatic heterocycles. The topological polar surface area (TPSA) is 0 Å². The van der Waals surface area contributed by atoms with Gasteiger partial charge in [-0.1, -0.05) is 19.8 Å². The number of hydrogen-bond donors (Lipinski definition) is 0. The van der Waals surface area contributed by atoms with Crippen molar-refractivity contribution in [2.75, 3.05) is 0 Å². The van der Waals surface area contributed by atoms with E-state index in [0.717, 1.165) is 5.92 Å². The largest absolute Gasteiger partial charge is 0.120 e. The first-order valence-corrected chi connectivity index (χ1v) is 3.79. The van der Waals surface area contributed by atoms with Gasteiger partial charge in [-0.15, -0.1) is 12.3 Å². The zero-order valence-corrected chi connectivity index (χ0v) is 6.06. The summed E-state index contributed by atoms with van der Waals surface area (Å²) in [5.41, 5.74) is 0. The van der Waals surface area contributed by atoms with E-state index in [9.17, 15) is 0 Å². The summed E-state index contributed by atoms with van der Waals surface area (Å²) in [6.45, 7) is 2.30. The average Bonchev–Trinajstić information content (AvgIpc) is 1.88. The normalized spacial score (nSPS) is 35.6. The molecule has 0 aromatic rings. The van der Waals surface area contributed by atoms with E-state index in [1.807, 2.05) is 0 Å². The van der Waals surface area contributed by atoms with Crippen molar-refractivity contribution in [1.82, 2.24) is 0 Å². The summed E-state index contributed by atoms with van der Waals surface area (Å²) in [7, 11) is 0. The van der Waals surface area contributed by atoms with Crippen molar-refractivity contribution in [3.63, 3.8) is 0 Å². The molecule has 1 fully saturated rings. The fraction of sp³-hybridized carbons (Fsp3) is 0.778. The first kappa shape index (κ1) is 6.68. The average molecular weight is 122 g/mol. The maximum atomic E-state index is 5.32. The zero-order chi connectivity index (χ0) is 6.69. The van der Waals surface area contributed by atoms with Gasteiger partial charge in [0.2, 0.25) is 0 Å². The second-order valence-electron chi connectivity index (χ2n) is 3.14. The highest BCUT2D eigenvalue weighted by Gasteiger charge is 2.15. The SMILES string of the molecule is C#C[C@@H]1CCC[C@@H](C)C1. The van der Waals surface area contributed by atoms with Crippen LogP contribution in [0.3, 0.4) is 0 Å². The van der Waals surface area contributed by atoms with E-state index < -0.39 is 0 Å².